The summed E-state index contributed by atoms with van der Waals surface area (Å²) in [4.78, 5) is 17.3. The third kappa shape index (κ3) is 4.40. The zero-order valence-electron chi connectivity index (χ0n) is 10.4. The van der Waals surface area contributed by atoms with Crippen LogP contribution in [0.15, 0.2) is 18.3 Å². The number of carbonyl (C=O) groups is 1. The number of nitrogens with two attached hydrogens (primary N) is 1. The maximum absolute atomic E-state index is 11.6. The van der Waals surface area contributed by atoms with Gasteiger partial charge < -0.3 is 16.0 Å². The Bertz CT molecular complexity index is 348. The average molecular weight is 236 g/mol. The number of carbonyl (C=O) groups excluding carboxylic acids is 1. The maximum Gasteiger partial charge on any atom is 0.254 e. The van der Waals surface area contributed by atoms with E-state index in [0.29, 0.717) is 12.1 Å². The van der Waals surface area contributed by atoms with Crippen LogP contribution in [0.3, 0.4) is 0 Å². The van der Waals surface area contributed by atoms with Crippen molar-refractivity contribution >= 4 is 11.7 Å². The molecule has 0 radical (unpaired) electrons. The van der Waals surface area contributed by atoms with Gasteiger partial charge in [-0.1, -0.05) is 0 Å². The fourth-order valence-electron chi connectivity index (χ4n) is 1.37. The Balaban J connectivity index is 2.47. The molecule has 5 nitrogen and oxygen atoms in total. The van der Waals surface area contributed by atoms with Gasteiger partial charge in [-0.15, -0.1) is 0 Å². The number of aromatic nitrogens is 1. The molecule has 0 aliphatic carbocycles. The van der Waals surface area contributed by atoms with Gasteiger partial charge in [0.05, 0.1) is 5.56 Å². The summed E-state index contributed by atoms with van der Waals surface area (Å²) in [5, 5.41) is 3.18. The highest BCUT2D eigenvalue weighted by molar-refractivity contribution is 5.93. The van der Waals surface area contributed by atoms with Gasteiger partial charge in [0.25, 0.3) is 5.91 Å². The van der Waals surface area contributed by atoms with E-state index in [1.165, 1.54) is 4.90 Å². The monoisotopic (exact) mass is 236 g/mol. The topological polar surface area (TPSA) is 71.2 Å². The third-order valence-corrected chi connectivity index (χ3v) is 2.35. The van der Waals surface area contributed by atoms with Gasteiger partial charge in [0.2, 0.25) is 0 Å². The molecule has 3 N–H and O–H groups in total. The van der Waals surface area contributed by atoms with Crippen molar-refractivity contribution in [3.05, 3.63) is 23.9 Å². The summed E-state index contributed by atoms with van der Waals surface area (Å²) in [6, 6.07) is 3.60. The zero-order chi connectivity index (χ0) is 12.7. The standard InChI is InChI=1S/C12H20N4O/c1-16(2)12(17)10-5-6-11(15-9-10)14-8-4-3-7-13/h5-6,9H,3-4,7-8,13H2,1-2H3,(H,14,15). The first-order chi connectivity index (χ1) is 8.15. The molecule has 0 aliphatic heterocycles. The lowest BCUT2D eigenvalue weighted by molar-refractivity contribution is 0.0827. The summed E-state index contributed by atoms with van der Waals surface area (Å²) in [5.41, 5.74) is 6.00. The molecule has 94 valence electrons. The number of hydrogen-bond acceptors (Lipinski definition) is 4. The van der Waals surface area contributed by atoms with Crippen LogP contribution in [0.25, 0.3) is 0 Å². The molecular weight excluding hydrogens is 216 g/mol. The van der Waals surface area contributed by atoms with Crippen molar-refractivity contribution in [1.82, 2.24) is 9.88 Å². The fourth-order valence-corrected chi connectivity index (χ4v) is 1.37. The molecule has 1 aromatic heterocycles. The van der Waals surface area contributed by atoms with Crippen LogP contribution in [0, 0.1) is 0 Å². The number of hydrogen-bond donors (Lipinski definition) is 2. The van der Waals surface area contributed by atoms with Crippen molar-refractivity contribution < 1.29 is 4.79 Å². The second-order valence-electron chi connectivity index (χ2n) is 4.05. The normalized spacial score (nSPS) is 10.1. The van der Waals surface area contributed by atoms with Crippen molar-refractivity contribution in [2.75, 3.05) is 32.5 Å². The van der Waals surface area contributed by atoms with E-state index in [0.717, 1.165) is 25.2 Å². The number of nitrogens with one attached hydrogen (secondary N) is 1. The van der Waals surface area contributed by atoms with E-state index in [2.05, 4.69) is 10.3 Å². The van der Waals surface area contributed by atoms with E-state index in [1.807, 2.05) is 6.07 Å². The lowest BCUT2D eigenvalue weighted by atomic mass is 10.2. The van der Waals surface area contributed by atoms with Crippen LogP contribution in [0.4, 0.5) is 5.82 Å². The van der Waals surface area contributed by atoms with E-state index in [4.69, 9.17) is 5.73 Å². The Kier molecular flexibility index (Phi) is 5.42. The van der Waals surface area contributed by atoms with Gasteiger partial charge in [0, 0.05) is 26.8 Å². The zero-order valence-corrected chi connectivity index (χ0v) is 10.4. The van der Waals surface area contributed by atoms with Gasteiger partial charge in [0.15, 0.2) is 0 Å². The van der Waals surface area contributed by atoms with Gasteiger partial charge in [-0.2, -0.15) is 0 Å². The highest BCUT2D eigenvalue weighted by Crippen LogP contribution is 2.06. The Morgan fingerprint density at radius 1 is 1.41 bits per heavy atom. The van der Waals surface area contributed by atoms with Crippen molar-refractivity contribution in [3.8, 4) is 0 Å². The van der Waals surface area contributed by atoms with E-state index < -0.39 is 0 Å². The summed E-state index contributed by atoms with van der Waals surface area (Å²) < 4.78 is 0. The second kappa shape index (κ2) is 6.85. The quantitative estimate of drug-likeness (QED) is 0.721. The van der Waals surface area contributed by atoms with E-state index in [-0.39, 0.29) is 5.91 Å². The van der Waals surface area contributed by atoms with Gasteiger partial charge >= 0.3 is 0 Å². The van der Waals surface area contributed by atoms with Crippen molar-refractivity contribution in [2.24, 2.45) is 5.73 Å². The summed E-state index contributed by atoms with van der Waals surface area (Å²) >= 11 is 0. The van der Waals surface area contributed by atoms with Gasteiger partial charge in [-0.25, -0.2) is 4.98 Å². The summed E-state index contributed by atoms with van der Waals surface area (Å²) in [5.74, 6) is 0.754. The van der Waals surface area contributed by atoms with Crippen LogP contribution < -0.4 is 11.1 Å². The number of rotatable bonds is 6. The molecule has 1 amide bonds. The largest absolute Gasteiger partial charge is 0.370 e. The number of unbranched alkanes of at least 4 members (excludes halogenated alkanes) is 1. The highest BCUT2D eigenvalue weighted by atomic mass is 16.2. The Labute approximate surface area is 102 Å². The highest BCUT2D eigenvalue weighted by Gasteiger charge is 2.07. The van der Waals surface area contributed by atoms with Crippen LogP contribution in [-0.4, -0.2) is 43.0 Å². The van der Waals surface area contributed by atoms with E-state index >= 15 is 0 Å². The molecule has 0 fully saturated rings. The predicted molar refractivity (Wildman–Crippen MR) is 69.0 cm³/mol. The molecule has 0 spiro atoms. The number of pyridine rings is 1. The molecule has 0 unspecified atom stereocenters. The van der Waals surface area contributed by atoms with Crippen LogP contribution >= 0.6 is 0 Å². The Morgan fingerprint density at radius 2 is 2.18 bits per heavy atom. The average Bonchev–Trinajstić information content (AvgIpc) is 2.34. The first kappa shape index (κ1) is 13.4. The number of amides is 1. The number of nitrogens with zero attached hydrogens (tertiary/aromatic N) is 2. The second-order valence-corrected chi connectivity index (χ2v) is 4.05. The molecule has 1 heterocycles. The minimum atomic E-state index is -0.0350. The third-order valence-electron chi connectivity index (χ3n) is 2.35. The van der Waals surface area contributed by atoms with Crippen LogP contribution in [0.1, 0.15) is 23.2 Å². The molecule has 5 heteroatoms. The molecule has 0 atom stereocenters. The molecule has 0 aromatic carbocycles. The van der Waals surface area contributed by atoms with Crippen molar-refractivity contribution in [1.29, 1.82) is 0 Å². The lowest BCUT2D eigenvalue weighted by Gasteiger charge is -2.10. The van der Waals surface area contributed by atoms with Crippen LogP contribution in [-0.2, 0) is 0 Å². The first-order valence-electron chi connectivity index (χ1n) is 5.77. The predicted octanol–water partition coefficient (Wildman–Crippen LogP) is 0.934. The first-order valence-corrected chi connectivity index (χ1v) is 5.77. The smallest absolute Gasteiger partial charge is 0.254 e. The molecule has 1 aromatic rings. The van der Waals surface area contributed by atoms with Gasteiger partial charge in [0.1, 0.15) is 5.82 Å². The number of anilines is 1. The summed E-state index contributed by atoms with van der Waals surface area (Å²) in [7, 11) is 3.45. The van der Waals surface area contributed by atoms with Crippen LogP contribution in [0.5, 0.6) is 0 Å². The Morgan fingerprint density at radius 3 is 2.71 bits per heavy atom. The van der Waals surface area contributed by atoms with Gasteiger partial charge in [-0.3, -0.25) is 4.79 Å². The van der Waals surface area contributed by atoms with Gasteiger partial charge in [-0.05, 0) is 31.5 Å². The minimum absolute atomic E-state index is 0.0350. The van der Waals surface area contributed by atoms with E-state index in [9.17, 15) is 4.79 Å². The lowest BCUT2D eigenvalue weighted by Crippen LogP contribution is -2.21. The molecule has 1 rings (SSSR count). The van der Waals surface area contributed by atoms with E-state index in [1.54, 1.807) is 26.4 Å². The fraction of sp³-hybridized carbons (Fsp3) is 0.500. The molecular formula is C12H20N4O. The maximum atomic E-state index is 11.6. The Hall–Kier alpha value is -1.62. The van der Waals surface area contributed by atoms with Crippen molar-refractivity contribution in [3.63, 3.8) is 0 Å². The molecule has 0 aliphatic rings. The SMILES string of the molecule is CN(C)C(=O)c1ccc(NCCCCN)nc1. The summed E-state index contributed by atoms with van der Waals surface area (Å²) in [6.45, 7) is 1.57. The minimum Gasteiger partial charge on any atom is -0.370 e. The summed E-state index contributed by atoms with van der Waals surface area (Å²) in [6.07, 6.45) is 3.62. The molecule has 0 saturated heterocycles. The van der Waals surface area contributed by atoms with Crippen molar-refractivity contribution in [2.45, 2.75) is 12.8 Å². The molecule has 0 saturated carbocycles. The molecule has 0 bridgehead atoms. The molecule has 17 heavy (non-hydrogen) atoms. The van der Waals surface area contributed by atoms with Crippen LogP contribution in [0.2, 0.25) is 0 Å².